The van der Waals surface area contributed by atoms with Crippen molar-refractivity contribution < 1.29 is 18.6 Å². The summed E-state index contributed by atoms with van der Waals surface area (Å²) in [6, 6.07) is 14.4. The molecule has 0 spiro atoms. The van der Waals surface area contributed by atoms with E-state index in [1.54, 1.807) is 12.1 Å². The first-order chi connectivity index (χ1) is 11.1. The molecule has 1 unspecified atom stereocenters. The van der Waals surface area contributed by atoms with E-state index in [1.807, 2.05) is 12.1 Å². The van der Waals surface area contributed by atoms with Crippen molar-refractivity contribution in [1.82, 2.24) is 5.32 Å². The first-order valence-electron chi connectivity index (χ1n) is 7.59. The lowest BCUT2D eigenvalue weighted by molar-refractivity contribution is -0.0498. The predicted molar refractivity (Wildman–Crippen MR) is 85.6 cm³/mol. The average Bonchev–Trinajstić information content (AvgIpc) is 2.57. The van der Waals surface area contributed by atoms with Gasteiger partial charge in [-0.15, -0.1) is 0 Å². The van der Waals surface area contributed by atoms with E-state index in [0.29, 0.717) is 6.54 Å². The van der Waals surface area contributed by atoms with Gasteiger partial charge in [-0.1, -0.05) is 43.3 Å². The molecule has 2 rings (SSSR count). The number of aliphatic hydroxyl groups is 1. The molecule has 0 fully saturated rings. The smallest absolute Gasteiger partial charge is 0.387 e. The van der Waals surface area contributed by atoms with Crippen molar-refractivity contribution in [3.8, 4) is 5.75 Å². The molecule has 0 aliphatic rings. The van der Waals surface area contributed by atoms with Crippen LogP contribution in [0.5, 0.6) is 5.75 Å². The standard InChI is InChI=1S/C18H21F2NO2/c1-2-13-3-7-15(8-4-13)17(12-22)21-11-14-5-9-16(10-6-14)23-18(19)20/h3-10,17-18,21-22H,2,11-12H2,1H3. The van der Waals surface area contributed by atoms with E-state index in [4.69, 9.17) is 0 Å². The first kappa shape index (κ1) is 17.4. The fourth-order valence-electron chi connectivity index (χ4n) is 2.30. The van der Waals surface area contributed by atoms with Gasteiger partial charge in [-0.05, 0) is 35.2 Å². The van der Waals surface area contributed by atoms with Crippen molar-refractivity contribution in [3.63, 3.8) is 0 Å². The highest BCUT2D eigenvalue weighted by Gasteiger charge is 2.10. The number of halogens is 2. The minimum absolute atomic E-state index is 0.0158. The molecule has 0 radical (unpaired) electrons. The normalized spacial score (nSPS) is 12.4. The summed E-state index contributed by atoms with van der Waals surface area (Å²) in [6.45, 7) is -0.213. The molecule has 0 amide bonds. The maximum Gasteiger partial charge on any atom is 0.387 e. The third-order valence-electron chi connectivity index (χ3n) is 3.67. The Bertz CT molecular complexity index is 585. The summed E-state index contributed by atoms with van der Waals surface area (Å²) < 4.78 is 28.5. The zero-order chi connectivity index (χ0) is 16.7. The van der Waals surface area contributed by atoms with Crippen molar-refractivity contribution in [2.24, 2.45) is 0 Å². The molecule has 2 aromatic rings. The van der Waals surface area contributed by atoms with Gasteiger partial charge in [-0.25, -0.2) is 0 Å². The van der Waals surface area contributed by atoms with Crippen LogP contribution in [0.1, 0.15) is 29.7 Å². The molecule has 0 saturated carbocycles. The molecule has 5 heteroatoms. The molecule has 3 nitrogen and oxygen atoms in total. The molecule has 2 N–H and O–H groups in total. The summed E-state index contributed by atoms with van der Waals surface area (Å²) >= 11 is 0. The van der Waals surface area contributed by atoms with Crippen molar-refractivity contribution in [3.05, 3.63) is 65.2 Å². The molecule has 0 aliphatic heterocycles. The second-order valence-corrected chi connectivity index (χ2v) is 5.23. The van der Waals surface area contributed by atoms with Gasteiger partial charge < -0.3 is 15.2 Å². The molecule has 124 valence electrons. The molecular weight excluding hydrogens is 300 g/mol. The quantitative estimate of drug-likeness (QED) is 0.779. The zero-order valence-corrected chi connectivity index (χ0v) is 13.0. The van der Waals surface area contributed by atoms with E-state index in [0.717, 1.165) is 17.5 Å². The Morgan fingerprint density at radius 3 is 2.13 bits per heavy atom. The van der Waals surface area contributed by atoms with Crippen LogP contribution in [0.4, 0.5) is 8.78 Å². The molecule has 0 saturated heterocycles. The highest BCUT2D eigenvalue weighted by Crippen LogP contribution is 2.17. The van der Waals surface area contributed by atoms with Crippen LogP contribution in [-0.4, -0.2) is 18.3 Å². The third-order valence-corrected chi connectivity index (χ3v) is 3.67. The Balaban J connectivity index is 1.94. The minimum atomic E-state index is -2.82. The second kappa shape index (κ2) is 8.60. The number of aliphatic hydroxyl groups excluding tert-OH is 1. The molecule has 0 aliphatic carbocycles. The van der Waals surface area contributed by atoms with E-state index in [-0.39, 0.29) is 18.4 Å². The SMILES string of the molecule is CCc1ccc(C(CO)NCc2ccc(OC(F)F)cc2)cc1. The number of hydrogen-bond acceptors (Lipinski definition) is 3. The van der Waals surface area contributed by atoms with Gasteiger partial charge >= 0.3 is 6.61 Å². The van der Waals surface area contributed by atoms with E-state index >= 15 is 0 Å². The third kappa shape index (κ3) is 5.30. The van der Waals surface area contributed by atoms with Crippen LogP contribution in [0, 0.1) is 0 Å². The van der Waals surface area contributed by atoms with Crippen LogP contribution >= 0.6 is 0 Å². The van der Waals surface area contributed by atoms with E-state index in [2.05, 4.69) is 29.1 Å². The number of alkyl halides is 2. The van der Waals surface area contributed by atoms with Gasteiger partial charge in [0, 0.05) is 6.54 Å². The molecule has 2 aromatic carbocycles. The number of aryl methyl sites for hydroxylation is 1. The van der Waals surface area contributed by atoms with Gasteiger partial charge in [0.05, 0.1) is 12.6 Å². The summed E-state index contributed by atoms with van der Waals surface area (Å²) in [5.74, 6) is 0.137. The van der Waals surface area contributed by atoms with Crippen LogP contribution in [-0.2, 0) is 13.0 Å². The fraction of sp³-hybridized carbons (Fsp3) is 0.333. The Morgan fingerprint density at radius 1 is 1.00 bits per heavy atom. The summed E-state index contributed by atoms with van der Waals surface area (Å²) in [5, 5.41) is 12.8. The van der Waals surface area contributed by atoms with Crippen LogP contribution in [0.25, 0.3) is 0 Å². The summed E-state index contributed by atoms with van der Waals surface area (Å²) in [7, 11) is 0. The number of hydrogen-bond donors (Lipinski definition) is 2. The van der Waals surface area contributed by atoms with Crippen LogP contribution in [0.2, 0.25) is 0 Å². The largest absolute Gasteiger partial charge is 0.435 e. The monoisotopic (exact) mass is 321 g/mol. The summed E-state index contributed by atoms with van der Waals surface area (Å²) in [5.41, 5.74) is 3.19. The number of benzene rings is 2. The highest BCUT2D eigenvalue weighted by molar-refractivity contribution is 5.28. The predicted octanol–water partition coefficient (Wildman–Crippen LogP) is 3.67. The van der Waals surface area contributed by atoms with Crippen LogP contribution in [0.3, 0.4) is 0 Å². The highest BCUT2D eigenvalue weighted by atomic mass is 19.3. The maximum atomic E-state index is 12.1. The van der Waals surface area contributed by atoms with Crippen molar-refractivity contribution >= 4 is 0 Å². The molecule has 1 atom stereocenters. The lowest BCUT2D eigenvalue weighted by Gasteiger charge is -2.17. The Labute approximate surface area is 134 Å². The Hall–Kier alpha value is -1.98. The maximum absolute atomic E-state index is 12.1. The average molecular weight is 321 g/mol. The van der Waals surface area contributed by atoms with Crippen LogP contribution in [0.15, 0.2) is 48.5 Å². The van der Waals surface area contributed by atoms with Gasteiger partial charge in [-0.2, -0.15) is 8.78 Å². The van der Waals surface area contributed by atoms with Gasteiger partial charge in [-0.3, -0.25) is 0 Å². The van der Waals surface area contributed by atoms with Gasteiger partial charge in [0.15, 0.2) is 0 Å². The molecule has 0 aromatic heterocycles. The lowest BCUT2D eigenvalue weighted by Crippen LogP contribution is -2.24. The van der Waals surface area contributed by atoms with Crippen molar-refractivity contribution in [2.45, 2.75) is 32.5 Å². The van der Waals surface area contributed by atoms with Crippen molar-refractivity contribution in [2.75, 3.05) is 6.61 Å². The summed E-state index contributed by atoms with van der Waals surface area (Å²) in [4.78, 5) is 0. The van der Waals surface area contributed by atoms with Gasteiger partial charge in [0.1, 0.15) is 5.75 Å². The van der Waals surface area contributed by atoms with Crippen LogP contribution < -0.4 is 10.1 Å². The van der Waals surface area contributed by atoms with Gasteiger partial charge in [0.2, 0.25) is 0 Å². The molecule has 0 bridgehead atoms. The van der Waals surface area contributed by atoms with E-state index in [1.165, 1.54) is 17.7 Å². The number of rotatable bonds is 8. The first-order valence-corrected chi connectivity index (χ1v) is 7.59. The molecular formula is C18H21F2NO2. The number of nitrogens with one attached hydrogen (secondary N) is 1. The van der Waals surface area contributed by atoms with E-state index in [9.17, 15) is 13.9 Å². The molecule has 23 heavy (non-hydrogen) atoms. The fourth-order valence-corrected chi connectivity index (χ4v) is 2.30. The zero-order valence-electron chi connectivity index (χ0n) is 13.0. The number of ether oxygens (including phenoxy) is 1. The Kier molecular flexibility index (Phi) is 6.50. The van der Waals surface area contributed by atoms with Gasteiger partial charge in [0.25, 0.3) is 0 Å². The van der Waals surface area contributed by atoms with E-state index < -0.39 is 6.61 Å². The Morgan fingerprint density at radius 2 is 1.61 bits per heavy atom. The topological polar surface area (TPSA) is 41.5 Å². The second-order valence-electron chi connectivity index (χ2n) is 5.23. The van der Waals surface area contributed by atoms with Crippen molar-refractivity contribution in [1.29, 1.82) is 0 Å². The summed E-state index contributed by atoms with van der Waals surface area (Å²) in [6.07, 6.45) is 0.977. The minimum Gasteiger partial charge on any atom is -0.435 e. The molecule has 0 heterocycles. The lowest BCUT2D eigenvalue weighted by atomic mass is 10.0.